The van der Waals surface area contributed by atoms with Crippen LogP contribution < -0.4 is 10.1 Å². The molecule has 0 saturated heterocycles. The number of hydrogen-bond donors (Lipinski definition) is 2. The van der Waals surface area contributed by atoms with Crippen molar-refractivity contribution >= 4 is 45.2 Å². The average molecular weight is 411 g/mol. The Bertz CT molecular complexity index is 1060. The van der Waals surface area contributed by atoms with E-state index in [0.717, 1.165) is 33.2 Å². The lowest BCUT2D eigenvalue weighted by Crippen LogP contribution is -2.11. The first-order valence-corrected chi connectivity index (χ1v) is 10.5. The van der Waals surface area contributed by atoms with Crippen LogP contribution in [0.5, 0.6) is 5.75 Å². The van der Waals surface area contributed by atoms with E-state index in [0.29, 0.717) is 17.3 Å². The van der Waals surface area contributed by atoms with Crippen LogP contribution in [0.15, 0.2) is 59.1 Å². The van der Waals surface area contributed by atoms with Crippen LogP contribution in [-0.2, 0) is 4.79 Å². The van der Waals surface area contributed by atoms with Crippen LogP contribution in [0.2, 0.25) is 0 Å². The number of methoxy groups -OCH3 is 1. The average Bonchev–Trinajstić information content (AvgIpc) is 3.34. The zero-order valence-electron chi connectivity index (χ0n) is 15.1. The molecule has 2 aromatic heterocycles. The van der Waals surface area contributed by atoms with Crippen molar-refractivity contribution in [2.75, 3.05) is 18.2 Å². The molecule has 0 unspecified atom stereocenters. The normalized spacial score (nSPS) is 10.9. The van der Waals surface area contributed by atoms with E-state index in [2.05, 4.69) is 20.3 Å². The summed E-state index contributed by atoms with van der Waals surface area (Å²) in [7, 11) is 1.64. The van der Waals surface area contributed by atoms with Gasteiger partial charge in [0, 0.05) is 23.1 Å². The lowest BCUT2D eigenvalue weighted by atomic mass is 10.2. The number of thiazole rings is 1. The molecule has 8 heteroatoms. The highest BCUT2D eigenvalue weighted by Crippen LogP contribution is 2.27. The smallest absolute Gasteiger partial charge is 0.226 e. The molecule has 0 spiro atoms. The van der Waals surface area contributed by atoms with Gasteiger partial charge in [-0.25, -0.2) is 9.97 Å². The van der Waals surface area contributed by atoms with E-state index in [-0.39, 0.29) is 5.91 Å². The number of aromatic amines is 1. The van der Waals surface area contributed by atoms with Crippen LogP contribution in [-0.4, -0.2) is 33.7 Å². The first-order valence-electron chi connectivity index (χ1n) is 8.68. The summed E-state index contributed by atoms with van der Waals surface area (Å²) in [4.78, 5) is 24.4. The van der Waals surface area contributed by atoms with Gasteiger partial charge in [0.25, 0.3) is 0 Å². The number of nitrogens with zero attached hydrogens (tertiary/aromatic N) is 2. The molecule has 2 heterocycles. The Balaban J connectivity index is 1.29. The summed E-state index contributed by atoms with van der Waals surface area (Å²) in [5, 5.41) is 6.22. The molecule has 0 aliphatic heterocycles. The Labute approximate surface area is 170 Å². The molecule has 142 valence electrons. The number of anilines is 1. The molecular formula is C20H18N4O2S2. The minimum atomic E-state index is -0.0563. The number of carbonyl (C=O) groups excluding carboxylic acids is 1. The molecule has 4 aromatic rings. The minimum absolute atomic E-state index is 0.0563. The van der Waals surface area contributed by atoms with Crippen molar-refractivity contribution in [2.45, 2.75) is 11.6 Å². The third kappa shape index (κ3) is 4.35. The summed E-state index contributed by atoms with van der Waals surface area (Å²) in [6.45, 7) is 0. The minimum Gasteiger partial charge on any atom is -0.497 e. The van der Waals surface area contributed by atoms with Gasteiger partial charge in [0.1, 0.15) is 5.75 Å². The molecule has 2 N–H and O–H groups in total. The lowest BCUT2D eigenvalue weighted by molar-refractivity contribution is -0.115. The summed E-state index contributed by atoms with van der Waals surface area (Å²) in [6.07, 6.45) is 0.388. The molecule has 0 atom stereocenters. The number of amides is 1. The summed E-state index contributed by atoms with van der Waals surface area (Å²) in [5.74, 6) is 1.39. The number of rotatable bonds is 7. The van der Waals surface area contributed by atoms with Gasteiger partial charge in [-0.2, -0.15) is 0 Å². The Morgan fingerprint density at radius 1 is 1.18 bits per heavy atom. The van der Waals surface area contributed by atoms with Crippen molar-refractivity contribution in [1.29, 1.82) is 0 Å². The topological polar surface area (TPSA) is 79.9 Å². The standard InChI is InChI=1S/C20H18N4O2S2/c1-26-14-8-6-13(7-9-14)17-12-28-20(23-17)24-18(25)10-11-27-19-21-15-4-2-3-5-16(15)22-19/h2-9,12H,10-11H2,1H3,(H,21,22)(H,23,24,25). The maximum Gasteiger partial charge on any atom is 0.226 e. The van der Waals surface area contributed by atoms with E-state index < -0.39 is 0 Å². The van der Waals surface area contributed by atoms with Crippen LogP contribution >= 0.6 is 23.1 Å². The van der Waals surface area contributed by atoms with E-state index in [9.17, 15) is 4.79 Å². The molecule has 0 fully saturated rings. The van der Waals surface area contributed by atoms with Crippen molar-refractivity contribution in [2.24, 2.45) is 0 Å². The predicted octanol–water partition coefficient (Wildman–Crippen LogP) is 4.82. The van der Waals surface area contributed by atoms with Gasteiger partial charge in [-0.15, -0.1) is 11.3 Å². The Hall–Kier alpha value is -2.84. The zero-order chi connectivity index (χ0) is 19.3. The molecule has 0 aliphatic rings. The molecule has 6 nitrogen and oxygen atoms in total. The number of nitrogens with one attached hydrogen (secondary N) is 2. The second-order valence-corrected chi connectivity index (χ2v) is 7.91. The fourth-order valence-corrected chi connectivity index (χ4v) is 4.21. The van der Waals surface area contributed by atoms with E-state index in [4.69, 9.17) is 4.74 Å². The maximum atomic E-state index is 12.2. The Morgan fingerprint density at radius 3 is 2.79 bits per heavy atom. The fourth-order valence-electron chi connectivity index (χ4n) is 2.65. The molecule has 0 saturated carbocycles. The lowest BCUT2D eigenvalue weighted by Gasteiger charge is -2.01. The summed E-state index contributed by atoms with van der Waals surface area (Å²) < 4.78 is 5.17. The number of fused-ring (bicyclic) bond motifs is 1. The quantitative estimate of drug-likeness (QED) is 0.427. The number of H-pyrrole nitrogens is 1. The van der Waals surface area contributed by atoms with Gasteiger partial charge >= 0.3 is 0 Å². The van der Waals surface area contributed by atoms with Gasteiger partial charge in [-0.1, -0.05) is 23.9 Å². The second-order valence-electron chi connectivity index (χ2n) is 5.97. The second kappa shape index (κ2) is 8.45. The van der Waals surface area contributed by atoms with Gasteiger partial charge in [-0.05, 0) is 36.4 Å². The van der Waals surface area contributed by atoms with Gasteiger partial charge in [-0.3, -0.25) is 4.79 Å². The molecule has 1 amide bonds. The number of carbonyl (C=O) groups is 1. The first kappa shape index (κ1) is 18.5. The summed E-state index contributed by atoms with van der Waals surface area (Å²) >= 11 is 2.95. The number of hydrogen-bond acceptors (Lipinski definition) is 6. The Kier molecular flexibility index (Phi) is 5.59. The van der Waals surface area contributed by atoms with Crippen molar-refractivity contribution < 1.29 is 9.53 Å². The van der Waals surface area contributed by atoms with Crippen LogP contribution in [0.4, 0.5) is 5.13 Å². The van der Waals surface area contributed by atoms with Crippen molar-refractivity contribution in [3.63, 3.8) is 0 Å². The fraction of sp³-hybridized carbons (Fsp3) is 0.150. The third-order valence-corrected chi connectivity index (χ3v) is 5.70. The number of ether oxygens (including phenoxy) is 1. The van der Waals surface area contributed by atoms with Gasteiger partial charge in [0.2, 0.25) is 5.91 Å². The Morgan fingerprint density at radius 2 is 2.00 bits per heavy atom. The molecular weight excluding hydrogens is 392 g/mol. The van der Waals surface area contributed by atoms with Crippen LogP contribution in [0.3, 0.4) is 0 Å². The van der Waals surface area contributed by atoms with E-state index in [1.165, 1.54) is 23.1 Å². The van der Waals surface area contributed by atoms with Crippen molar-refractivity contribution in [1.82, 2.24) is 15.0 Å². The van der Waals surface area contributed by atoms with E-state index in [1.807, 2.05) is 53.9 Å². The maximum absolute atomic E-state index is 12.2. The highest BCUT2D eigenvalue weighted by molar-refractivity contribution is 7.99. The van der Waals surface area contributed by atoms with Crippen LogP contribution in [0, 0.1) is 0 Å². The highest BCUT2D eigenvalue weighted by Gasteiger charge is 2.09. The summed E-state index contributed by atoms with van der Waals surface area (Å²) in [6, 6.07) is 15.6. The molecule has 2 aromatic carbocycles. The number of aromatic nitrogens is 3. The van der Waals surface area contributed by atoms with Crippen molar-refractivity contribution in [3.05, 3.63) is 53.9 Å². The van der Waals surface area contributed by atoms with Gasteiger partial charge in [0.15, 0.2) is 10.3 Å². The van der Waals surface area contributed by atoms with Gasteiger partial charge < -0.3 is 15.0 Å². The van der Waals surface area contributed by atoms with Crippen LogP contribution in [0.1, 0.15) is 6.42 Å². The molecule has 28 heavy (non-hydrogen) atoms. The number of thioether (sulfide) groups is 1. The van der Waals surface area contributed by atoms with Gasteiger partial charge in [0.05, 0.1) is 23.8 Å². The molecule has 4 rings (SSSR count). The largest absolute Gasteiger partial charge is 0.497 e. The van der Waals surface area contributed by atoms with E-state index in [1.54, 1.807) is 7.11 Å². The SMILES string of the molecule is COc1ccc(-c2csc(NC(=O)CCSc3nc4ccccc4[nH]3)n2)cc1. The first-order chi connectivity index (χ1) is 13.7. The predicted molar refractivity (Wildman–Crippen MR) is 114 cm³/mol. The van der Waals surface area contributed by atoms with Crippen molar-refractivity contribution in [3.8, 4) is 17.0 Å². The molecule has 0 bridgehead atoms. The molecule has 0 aliphatic carbocycles. The summed E-state index contributed by atoms with van der Waals surface area (Å²) in [5.41, 5.74) is 3.75. The highest BCUT2D eigenvalue weighted by atomic mass is 32.2. The number of benzene rings is 2. The van der Waals surface area contributed by atoms with Crippen LogP contribution in [0.25, 0.3) is 22.3 Å². The third-order valence-electron chi connectivity index (χ3n) is 4.07. The zero-order valence-corrected chi connectivity index (χ0v) is 16.8. The number of para-hydroxylation sites is 2. The monoisotopic (exact) mass is 410 g/mol. The van der Waals surface area contributed by atoms with E-state index >= 15 is 0 Å². The molecule has 0 radical (unpaired) electrons. The number of imidazole rings is 1.